The predicted molar refractivity (Wildman–Crippen MR) is 82.3 cm³/mol. The largest absolute Gasteiger partial charge is 0.487 e. The highest BCUT2D eigenvalue weighted by atomic mass is 79.9. The molecule has 4 nitrogen and oxygen atoms in total. The average molecular weight is 413 g/mol. The molecule has 1 aromatic carbocycles. The molecule has 1 aromatic rings. The molecule has 0 amide bonds. The lowest BCUT2D eigenvalue weighted by atomic mass is 10.2. The lowest BCUT2D eigenvalue weighted by Crippen LogP contribution is -2.18. The number of benzene rings is 1. The van der Waals surface area contributed by atoms with Gasteiger partial charge in [-0.15, -0.1) is 0 Å². The molecule has 1 atom stereocenters. The quantitative estimate of drug-likeness (QED) is 0.825. The van der Waals surface area contributed by atoms with E-state index in [1.807, 2.05) is 19.2 Å². The monoisotopic (exact) mass is 411 g/mol. The number of halogens is 2. The topological polar surface area (TPSA) is 55.4 Å². The summed E-state index contributed by atoms with van der Waals surface area (Å²) in [5.41, 5.74) is 1.12. The van der Waals surface area contributed by atoms with Crippen LogP contribution < -0.4 is 10.1 Å². The van der Waals surface area contributed by atoms with Crippen molar-refractivity contribution in [1.29, 1.82) is 0 Å². The Labute approximate surface area is 130 Å². The number of hydrogen-bond acceptors (Lipinski definition) is 4. The van der Waals surface area contributed by atoms with E-state index in [0.29, 0.717) is 12.2 Å². The molecule has 0 saturated carbocycles. The summed E-state index contributed by atoms with van der Waals surface area (Å²) in [5.74, 6) is 0.983. The second kappa shape index (κ2) is 6.11. The Kier molecular flexibility index (Phi) is 4.92. The van der Waals surface area contributed by atoms with Gasteiger partial charge in [0.2, 0.25) is 0 Å². The molecule has 106 valence electrons. The maximum absolute atomic E-state index is 11.4. The molecule has 0 aliphatic carbocycles. The van der Waals surface area contributed by atoms with E-state index in [9.17, 15) is 8.42 Å². The molecular weight excluding hydrogens is 398 g/mol. The van der Waals surface area contributed by atoms with Gasteiger partial charge in [0.15, 0.2) is 9.84 Å². The third-order valence-corrected chi connectivity index (χ3v) is 5.83. The van der Waals surface area contributed by atoms with Crippen LogP contribution in [-0.2, 0) is 16.4 Å². The Balaban J connectivity index is 2.17. The molecule has 0 bridgehead atoms. The van der Waals surface area contributed by atoms with Crippen LogP contribution >= 0.6 is 31.9 Å². The molecule has 0 aromatic heterocycles. The first kappa shape index (κ1) is 15.3. The second-order valence-corrected chi connectivity index (χ2v) is 8.50. The zero-order chi connectivity index (χ0) is 14.0. The van der Waals surface area contributed by atoms with Gasteiger partial charge in [0, 0.05) is 6.54 Å². The maximum atomic E-state index is 11.4. The predicted octanol–water partition coefficient (Wildman–Crippen LogP) is 2.50. The van der Waals surface area contributed by atoms with Crippen LogP contribution in [0.5, 0.6) is 5.75 Å². The molecule has 2 rings (SSSR count). The summed E-state index contributed by atoms with van der Waals surface area (Å²) in [5, 5.41) is 3.08. The fourth-order valence-corrected chi connectivity index (χ4v) is 5.11. The maximum Gasteiger partial charge on any atom is 0.154 e. The summed E-state index contributed by atoms with van der Waals surface area (Å²) in [7, 11) is -1.04. The van der Waals surface area contributed by atoms with Crippen LogP contribution in [0.4, 0.5) is 0 Å². The molecule has 7 heteroatoms. The van der Waals surface area contributed by atoms with Crippen LogP contribution in [0, 0.1) is 0 Å². The first-order chi connectivity index (χ1) is 8.91. The van der Waals surface area contributed by atoms with Crippen molar-refractivity contribution in [1.82, 2.24) is 5.32 Å². The van der Waals surface area contributed by atoms with Gasteiger partial charge in [0.1, 0.15) is 11.9 Å². The summed E-state index contributed by atoms with van der Waals surface area (Å²) < 4.78 is 30.3. The van der Waals surface area contributed by atoms with Crippen molar-refractivity contribution in [3.63, 3.8) is 0 Å². The third-order valence-electron chi connectivity index (χ3n) is 2.91. The first-order valence-electron chi connectivity index (χ1n) is 5.91. The number of ether oxygens (including phenoxy) is 1. The number of rotatable bonds is 4. The minimum atomic E-state index is -2.92. The van der Waals surface area contributed by atoms with E-state index < -0.39 is 9.84 Å². The number of sulfone groups is 1. The molecule has 1 fully saturated rings. The summed E-state index contributed by atoms with van der Waals surface area (Å²) in [6, 6.07) is 3.94. The molecular formula is C12H15Br2NO3S. The lowest BCUT2D eigenvalue weighted by Gasteiger charge is -2.16. The molecule has 1 aliphatic heterocycles. The fraction of sp³-hybridized carbons (Fsp3) is 0.500. The number of nitrogens with one attached hydrogen (secondary N) is 1. The van der Waals surface area contributed by atoms with Gasteiger partial charge in [0.05, 0.1) is 20.5 Å². The van der Waals surface area contributed by atoms with Gasteiger partial charge in [-0.3, -0.25) is 0 Å². The van der Waals surface area contributed by atoms with Gasteiger partial charge in [-0.25, -0.2) is 8.42 Å². The molecule has 1 saturated heterocycles. The SMILES string of the molecule is CNCc1cc(Br)c(OC2CCS(=O)(=O)C2)c(Br)c1. The minimum Gasteiger partial charge on any atom is -0.487 e. The fourth-order valence-electron chi connectivity index (χ4n) is 2.05. The van der Waals surface area contributed by atoms with E-state index in [1.54, 1.807) is 0 Å². The highest BCUT2D eigenvalue weighted by Gasteiger charge is 2.30. The van der Waals surface area contributed by atoms with Crippen LogP contribution in [0.2, 0.25) is 0 Å². The zero-order valence-electron chi connectivity index (χ0n) is 10.4. The zero-order valence-corrected chi connectivity index (χ0v) is 14.4. The summed E-state index contributed by atoms with van der Waals surface area (Å²) in [4.78, 5) is 0. The van der Waals surface area contributed by atoms with Crippen molar-refractivity contribution < 1.29 is 13.2 Å². The van der Waals surface area contributed by atoms with Gasteiger partial charge >= 0.3 is 0 Å². The van der Waals surface area contributed by atoms with Crippen molar-refractivity contribution in [2.45, 2.75) is 19.1 Å². The van der Waals surface area contributed by atoms with Gasteiger partial charge in [-0.05, 0) is 63.0 Å². The molecule has 0 spiro atoms. The highest BCUT2D eigenvalue weighted by molar-refractivity contribution is 9.11. The van der Waals surface area contributed by atoms with Crippen molar-refractivity contribution in [3.8, 4) is 5.75 Å². The van der Waals surface area contributed by atoms with Crippen molar-refractivity contribution in [2.24, 2.45) is 0 Å². The lowest BCUT2D eigenvalue weighted by molar-refractivity contribution is 0.226. The van der Waals surface area contributed by atoms with Crippen LogP contribution in [-0.4, -0.2) is 33.1 Å². The minimum absolute atomic E-state index is 0.101. The van der Waals surface area contributed by atoms with Crippen LogP contribution in [0.25, 0.3) is 0 Å². The van der Waals surface area contributed by atoms with Crippen molar-refractivity contribution in [3.05, 3.63) is 26.6 Å². The third kappa shape index (κ3) is 3.93. The standard InChI is InChI=1S/C12H15Br2NO3S/c1-15-6-8-4-10(13)12(11(14)5-8)18-9-2-3-19(16,17)7-9/h4-5,9,15H,2-3,6-7H2,1H3. The first-order valence-corrected chi connectivity index (χ1v) is 9.31. The van der Waals surface area contributed by atoms with Gasteiger partial charge in [-0.2, -0.15) is 0 Å². The molecule has 1 aliphatic rings. The number of hydrogen-bond donors (Lipinski definition) is 1. The summed E-state index contributed by atoms with van der Waals surface area (Å²) in [6.07, 6.45) is 0.298. The van der Waals surface area contributed by atoms with Crippen LogP contribution in [0.1, 0.15) is 12.0 Å². The summed E-state index contributed by atoms with van der Waals surface area (Å²) in [6.45, 7) is 0.759. The molecule has 19 heavy (non-hydrogen) atoms. The normalized spacial score (nSPS) is 21.5. The Morgan fingerprint density at radius 1 is 1.37 bits per heavy atom. The Bertz CT molecular complexity index is 551. The van der Waals surface area contributed by atoms with Gasteiger partial charge in [-0.1, -0.05) is 0 Å². The van der Waals surface area contributed by atoms with Crippen molar-refractivity contribution in [2.75, 3.05) is 18.6 Å². The van der Waals surface area contributed by atoms with E-state index in [0.717, 1.165) is 21.1 Å². The molecule has 1 heterocycles. The highest BCUT2D eigenvalue weighted by Crippen LogP contribution is 2.36. The summed E-state index contributed by atoms with van der Waals surface area (Å²) >= 11 is 6.94. The van der Waals surface area contributed by atoms with Crippen LogP contribution in [0.15, 0.2) is 21.1 Å². The van der Waals surface area contributed by atoms with E-state index >= 15 is 0 Å². The van der Waals surface area contributed by atoms with Gasteiger partial charge < -0.3 is 10.1 Å². The Hall–Kier alpha value is -0.110. The van der Waals surface area contributed by atoms with E-state index in [1.165, 1.54) is 0 Å². The smallest absolute Gasteiger partial charge is 0.154 e. The van der Waals surface area contributed by atoms with Crippen molar-refractivity contribution >= 4 is 41.7 Å². The van der Waals surface area contributed by atoms with E-state index in [4.69, 9.17) is 4.74 Å². The van der Waals surface area contributed by atoms with E-state index in [2.05, 4.69) is 37.2 Å². The second-order valence-electron chi connectivity index (χ2n) is 4.56. The average Bonchev–Trinajstić information content (AvgIpc) is 2.64. The molecule has 1 unspecified atom stereocenters. The van der Waals surface area contributed by atoms with Gasteiger partial charge in [0.25, 0.3) is 0 Å². The molecule has 1 N–H and O–H groups in total. The Morgan fingerprint density at radius 3 is 2.47 bits per heavy atom. The van der Waals surface area contributed by atoms with E-state index in [-0.39, 0.29) is 17.6 Å². The Morgan fingerprint density at radius 2 is 2.00 bits per heavy atom. The molecule has 0 radical (unpaired) electrons. The van der Waals surface area contributed by atoms with Crippen LogP contribution in [0.3, 0.4) is 0 Å².